The third kappa shape index (κ3) is 4.55. The van der Waals surface area contributed by atoms with E-state index in [2.05, 4.69) is 20.4 Å². The van der Waals surface area contributed by atoms with Crippen molar-refractivity contribution in [2.75, 3.05) is 6.54 Å². The average Bonchev–Trinajstić information content (AvgIpc) is 2.97. The highest BCUT2D eigenvalue weighted by molar-refractivity contribution is 6.30. The van der Waals surface area contributed by atoms with Gasteiger partial charge in [0.05, 0.1) is 22.6 Å². The van der Waals surface area contributed by atoms with Crippen molar-refractivity contribution >= 4 is 17.5 Å². The molecule has 0 saturated heterocycles. The molecule has 3 aromatic rings. The molecule has 0 fully saturated rings. The average molecular weight is 401 g/mol. The van der Waals surface area contributed by atoms with Gasteiger partial charge in [0.25, 0.3) is 5.91 Å². The smallest absolute Gasteiger partial charge is 0.270 e. The standard InChI is InChI=1S/C20H21ClN4O3/c1-11-17(12(2)28-25-11)18-23-15(13-5-7-14(21)8-6-13)9-16(24-18)19(26)22-10-20(3,4)27/h5-9,27H,10H2,1-4H3,(H,22,26). The van der Waals surface area contributed by atoms with Crippen molar-refractivity contribution in [2.45, 2.75) is 33.3 Å². The normalized spacial score (nSPS) is 11.5. The second kappa shape index (κ2) is 7.69. The highest BCUT2D eigenvalue weighted by Gasteiger charge is 2.21. The number of hydrogen-bond donors (Lipinski definition) is 2. The molecule has 0 saturated carbocycles. The Kier molecular flexibility index (Phi) is 5.49. The first-order valence-corrected chi connectivity index (χ1v) is 9.11. The van der Waals surface area contributed by atoms with E-state index in [1.54, 1.807) is 45.9 Å². The summed E-state index contributed by atoms with van der Waals surface area (Å²) in [6.07, 6.45) is 0. The first-order valence-electron chi connectivity index (χ1n) is 8.73. The molecule has 2 N–H and O–H groups in total. The minimum Gasteiger partial charge on any atom is -0.389 e. The van der Waals surface area contributed by atoms with Crippen LogP contribution in [0.4, 0.5) is 0 Å². The molecular formula is C20H21ClN4O3. The highest BCUT2D eigenvalue weighted by atomic mass is 35.5. The molecule has 0 aliphatic carbocycles. The van der Waals surface area contributed by atoms with Crippen molar-refractivity contribution in [1.82, 2.24) is 20.4 Å². The molecule has 2 heterocycles. The molecule has 0 spiro atoms. The van der Waals surface area contributed by atoms with Gasteiger partial charge in [-0.2, -0.15) is 0 Å². The number of carbonyl (C=O) groups excluding carboxylic acids is 1. The Morgan fingerprint density at radius 2 is 1.89 bits per heavy atom. The largest absolute Gasteiger partial charge is 0.389 e. The van der Waals surface area contributed by atoms with Crippen LogP contribution in [0.25, 0.3) is 22.6 Å². The number of amides is 1. The van der Waals surface area contributed by atoms with E-state index in [0.717, 1.165) is 5.56 Å². The van der Waals surface area contributed by atoms with Crippen LogP contribution >= 0.6 is 11.6 Å². The van der Waals surface area contributed by atoms with Gasteiger partial charge >= 0.3 is 0 Å². The van der Waals surface area contributed by atoms with Crippen molar-refractivity contribution in [3.8, 4) is 22.6 Å². The molecule has 0 aliphatic rings. The number of hydrogen-bond acceptors (Lipinski definition) is 6. The lowest BCUT2D eigenvalue weighted by Crippen LogP contribution is -2.38. The van der Waals surface area contributed by atoms with Crippen molar-refractivity contribution < 1.29 is 14.4 Å². The zero-order valence-electron chi connectivity index (χ0n) is 16.1. The zero-order chi connectivity index (χ0) is 20.5. The highest BCUT2D eigenvalue weighted by Crippen LogP contribution is 2.27. The SMILES string of the molecule is Cc1noc(C)c1-c1nc(C(=O)NCC(C)(C)O)cc(-c2ccc(Cl)cc2)n1. The summed E-state index contributed by atoms with van der Waals surface area (Å²) in [6.45, 7) is 6.87. The molecule has 0 radical (unpaired) electrons. The Labute approximate surface area is 167 Å². The lowest BCUT2D eigenvalue weighted by atomic mass is 10.1. The maximum atomic E-state index is 12.6. The fourth-order valence-corrected chi connectivity index (χ4v) is 2.76. The monoisotopic (exact) mass is 400 g/mol. The van der Waals surface area contributed by atoms with Gasteiger partial charge in [0.2, 0.25) is 0 Å². The summed E-state index contributed by atoms with van der Waals surface area (Å²) >= 11 is 5.98. The van der Waals surface area contributed by atoms with Gasteiger partial charge < -0.3 is 14.9 Å². The number of carbonyl (C=O) groups is 1. The molecule has 0 aliphatic heterocycles. The molecule has 2 aromatic heterocycles. The lowest BCUT2D eigenvalue weighted by molar-refractivity contribution is 0.0692. The molecule has 3 rings (SSSR count). The van der Waals surface area contributed by atoms with Crippen LogP contribution in [-0.4, -0.2) is 38.3 Å². The molecule has 28 heavy (non-hydrogen) atoms. The molecule has 8 heteroatoms. The van der Waals surface area contributed by atoms with Gasteiger partial charge in [-0.3, -0.25) is 4.79 Å². The Morgan fingerprint density at radius 1 is 1.21 bits per heavy atom. The van der Waals surface area contributed by atoms with Crippen LogP contribution in [0.3, 0.4) is 0 Å². The molecule has 1 amide bonds. The first-order chi connectivity index (χ1) is 13.1. The van der Waals surface area contributed by atoms with Crippen molar-refractivity contribution in [3.05, 3.63) is 52.5 Å². The predicted molar refractivity (Wildman–Crippen MR) is 106 cm³/mol. The molecule has 1 aromatic carbocycles. The number of benzene rings is 1. The van der Waals surface area contributed by atoms with E-state index in [9.17, 15) is 9.90 Å². The van der Waals surface area contributed by atoms with Gasteiger partial charge in [-0.25, -0.2) is 9.97 Å². The fraction of sp³-hybridized carbons (Fsp3) is 0.300. The van der Waals surface area contributed by atoms with Crippen LogP contribution in [0.1, 0.15) is 35.8 Å². The summed E-state index contributed by atoms with van der Waals surface area (Å²) in [5.41, 5.74) is 1.78. The third-order valence-corrected chi connectivity index (χ3v) is 4.29. The van der Waals surface area contributed by atoms with Crippen molar-refractivity contribution in [1.29, 1.82) is 0 Å². The van der Waals surface area contributed by atoms with Gasteiger partial charge in [0.15, 0.2) is 5.82 Å². The second-order valence-corrected chi connectivity index (χ2v) is 7.60. The number of halogens is 1. The quantitative estimate of drug-likeness (QED) is 0.678. The molecule has 7 nitrogen and oxygen atoms in total. The summed E-state index contributed by atoms with van der Waals surface area (Å²) in [5, 5.41) is 17.1. The Morgan fingerprint density at radius 3 is 2.46 bits per heavy atom. The Balaban J connectivity index is 2.09. The fourth-order valence-electron chi connectivity index (χ4n) is 2.63. The van der Waals surface area contributed by atoms with Gasteiger partial charge in [-0.1, -0.05) is 28.9 Å². The van der Waals surface area contributed by atoms with Crippen LogP contribution in [0.5, 0.6) is 0 Å². The third-order valence-electron chi connectivity index (χ3n) is 4.04. The number of aromatic nitrogens is 3. The zero-order valence-corrected chi connectivity index (χ0v) is 16.8. The van der Waals surface area contributed by atoms with Crippen LogP contribution in [0, 0.1) is 13.8 Å². The topological polar surface area (TPSA) is 101 Å². The number of aryl methyl sites for hydroxylation is 2. The van der Waals surface area contributed by atoms with Crippen LogP contribution in [0.2, 0.25) is 5.02 Å². The number of nitrogens with one attached hydrogen (secondary N) is 1. The minimum atomic E-state index is -1.04. The Bertz CT molecular complexity index is 988. The predicted octanol–water partition coefficient (Wildman–Crippen LogP) is 3.57. The van der Waals surface area contributed by atoms with E-state index < -0.39 is 11.5 Å². The first kappa shape index (κ1) is 20.0. The molecular weight excluding hydrogens is 380 g/mol. The minimum absolute atomic E-state index is 0.0900. The molecule has 0 unspecified atom stereocenters. The Hall–Kier alpha value is -2.77. The molecule has 0 atom stereocenters. The number of nitrogens with zero attached hydrogens (tertiary/aromatic N) is 3. The van der Waals surface area contributed by atoms with Gasteiger partial charge in [0.1, 0.15) is 11.5 Å². The van der Waals surface area contributed by atoms with E-state index in [4.69, 9.17) is 16.1 Å². The summed E-state index contributed by atoms with van der Waals surface area (Å²) in [4.78, 5) is 21.7. The van der Waals surface area contributed by atoms with E-state index in [0.29, 0.717) is 33.6 Å². The van der Waals surface area contributed by atoms with Gasteiger partial charge in [-0.15, -0.1) is 0 Å². The van der Waals surface area contributed by atoms with Crippen molar-refractivity contribution in [2.24, 2.45) is 0 Å². The van der Waals surface area contributed by atoms with Crippen LogP contribution < -0.4 is 5.32 Å². The second-order valence-electron chi connectivity index (χ2n) is 7.16. The maximum Gasteiger partial charge on any atom is 0.270 e. The van der Waals surface area contributed by atoms with E-state index in [-0.39, 0.29) is 12.2 Å². The number of aliphatic hydroxyl groups is 1. The van der Waals surface area contributed by atoms with Gasteiger partial charge in [-0.05, 0) is 45.9 Å². The molecule has 0 bridgehead atoms. The van der Waals surface area contributed by atoms with E-state index in [1.807, 2.05) is 12.1 Å². The molecule has 146 valence electrons. The van der Waals surface area contributed by atoms with E-state index in [1.165, 1.54) is 0 Å². The van der Waals surface area contributed by atoms with Crippen LogP contribution in [0.15, 0.2) is 34.9 Å². The summed E-state index contributed by atoms with van der Waals surface area (Å²) in [7, 11) is 0. The van der Waals surface area contributed by atoms with Gasteiger partial charge in [0, 0.05) is 17.1 Å². The lowest BCUT2D eigenvalue weighted by Gasteiger charge is -2.17. The van der Waals surface area contributed by atoms with Crippen molar-refractivity contribution in [3.63, 3.8) is 0 Å². The van der Waals surface area contributed by atoms with E-state index >= 15 is 0 Å². The van der Waals surface area contributed by atoms with Crippen LogP contribution in [-0.2, 0) is 0 Å². The summed E-state index contributed by atoms with van der Waals surface area (Å²) in [6, 6.07) is 8.75. The maximum absolute atomic E-state index is 12.6. The number of rotatable bonds is 5. The summed E-state index contributed by atoms with van der Waals surface area (Å²) in [5.74, 6) is 0.499. The summed E-state index contributed by atoms with van der Waals surface area (Å²) < 4.78 is 5.22.